The smallest absolute Gasteiger partial charge is 0.306 e. The molecule has 4 rings (SSSR count). The first kappa shape index (κ1) is 17.7. The third-order valence-electron chi connectivity index (χ3n) is 5.34. The van der Waals surface area contributed by atoms with Gasteiger partial charge in [0.05, 0.1) is 11.0 Å². The van der Waals surface area contributed by atoms with Crippen LogP contribution in [0.4, 0.5) is 4.39 Å². The van der Waals surface area contributed by atoms with Gasteiger partial charge in [-0.25, -0.2) is 9.18 Å². The molecule has 1 saturated heterocycles. The Morgan fingerprint density at radius 2 is 1.81 bits per heavy atom. The highest BCUT2D eigenvalue weighted by Crippen LogP contribution is 2.24. The number of nitrogens with zero attached hydrogens (tertiary/aromatic N) is 2. The van der Waals surface area contributed by atoms with Crippen LogP contribution in [0, 0.1) is 5.82 Å². The number of aromatic amines is 1. The summed E-state index contributed by atoms with van der Waals surface area (Å²) in [7, 11) is 0. The molecule has 0 spiro atoms. The van der Waals surface area contributed by atoms with E-state index in [4.69, 9.17) is 0 Å². The number of rotatable bonds is 5. The second-order valence-corrected chi connectivity index (χ2v) is 7.13. The fraction of sp³-hybridized carbons (Fsp3) is 0.318. The Balaban J connectivity index is 1.30. The van der Waals surface area contributed by atoms with Gasteiger partial charge in [-0.3, -0.25) is 4.57 Å². The zero-order valence-electron chi connectivity index (χ0n) is 15.3. The fourth-order valence-corrected chi connectivity index (χ4v) is 3.89. The second-order valence-electron chi connectivity index (χ2n) is 7.13. The lowest BCUT2D eigenvalue weighted by Gasteiger charge is -2.32. The Labute approximate surface area is 157 Å². The first-order valence-corrected chi connectivity index (χ1v) is 9.54. The number of likely N-dealkylation sites (tertiary alicyclic amines) is 1. The maximum absolute atomic E-state index is 12.9. The molecule has 1 N–H and O–H groups in total. The Morgan fingerprint density at radius 1 is 1.07 bits per heavy atom. The number of imidazole rings is 1. The molecule has 0 amide bonds. The maximum atomic E-state index is 12.9. The standard InChI is InChI=1S/C22H24FN3O/c23-18-10-8-17(9-11-18)5-3-4-14-25-15-12-19(13-16-25)26-21-7-2-1-6-20(21)24-22(26)27/h1-3,5-11,19H,4,12-16H2,(H,24,27)/b5-3+. The molecule has 1 aliphatic rings. The minimum Gasteiger partial charge on any atom is -0.306 e. The van der Waals surface area contributed by atoms with Gasteiger partial charge in [0.25, 0.3) is 0 Å². The van der Waals surface area contributed by atoms with Gasteiger partial charge in [-0.05, 0) is 49.1 Å². The van der Waals surface area contributed by atoms with Crippen molar-refractivity contribution in [2.75, 3.05) is 19.6 Å². The number of piperidine rings is 1. The highest BCUT2D eigenvalue weighted by Gasteiger charge is 2.22. The van der Waals surface area contributed by atoms with Crippen molar-refractivity contribution in [2.45, 2.75) is 25.3 Å². The highest BCUT2D eigenvalue weighted by molar-refractivity contribution is 5.75. The van der Waals surface area contributed by atoms with Gasteiger partial charge in [0, 0.05) is 25.7 Å². The number of H-pyrrole nitrogens is 1. The van der Waals surface area contributed by atoms with Crippen LogP contribution in [0.15, 0.2) is 59.4 Å². The van der Waals surface area contributed by atoms with E-state index in [1.807, 2.05) is 34.9 Å². The quantitative estimate of drug-likeness (QED) is 0.736. The first-order chi connectivity index (χ1) is 13.2. The van der Waals surface area contributed by atoms with Crippen molar-refractivity contribution >= 4 is 17.1 Å². The van der Waals surface area contributed by atoms with E-state index in [-0.39, 0.29) is 17.5 Å². The molecule has 1 fully saturated rings. The van der Waals surface area contributed by atoms with Crippen molar-refractivity contribution in [2.24, 2.45) is 0 Å². The van der Waals surface area contributed by atoms with E-state index in [1.54, 1.807) is 12.1 Å². The van der Waals surface area contributed by atoms with Gasteiger partial charge < -0.3 is 9.88 Å². The van der Waals surface area contributed by atoms with Crippen molar-refractivity contribution in [3.8, 4) is 0 Å². The zero-order chi connectivity index (χ0) is 18.6. The monoisotopic (exact) mass is 365 g/mol. The number of para-hydroxylation sites is 2. The van der Waals surface area contributed by atoms with E-state index in [9.17, 15) is 9.18 Å². The predicted molar refractivity (Wildman–Crippen MR) is 107 cm³/mol. The van der Waals surface area contributed by atoms with E-state index < -0.39 is 0 Å². The molecule has 27 heavy (non-hydrogen) atoms. The number of fused-ring (bicyclic) bond motifs is 1. The second kappa shape index (κ2) is 7.92. The van der Waals surface area contributed by atoms with Gasteiger partial charge in [0.2, 0.25) is 0 Å². The van der Waals surface area contributed by atoms with Crippen LogP contribution in [0.3, 0.4) is 0 Å². The summed E-state index contributed by atoms with van der Waals surface area (Å²) in [5.74, 6) is -0.204. The average molecular weight is 365 g/mol. The van der Waals surface area contributed by atoms with Crippen molar-refractivity contribution < 1.29 is 4.39 Å². The molecule has 0 aliphatic carbocycles. The van der Waals surface area contributed by atoms with E-state index in [0.29, 0.717) is 0 Å². The average Bonchev–Trinajstić information content (AvgIpc) is 3.03. The van der Waals surface area contributed by atoms with Crippen LogP contribution in [-0.2, 0) is 0 Å². The van der Waals surface area contributed by atoms with Crippen LogP contribution in [-0.4, -0.2) is 34.1 Å². The van der Waals surface area contributed by atoms with Gasteiger partial charge in [-0.15, -0.1) is 0 Å². The maximum Gasteiger partial charge on any atom is 0.326 e. The van der Waals surface area contributed by atoms with Crippen LogP contribution in [0.5, 0.6) is 0 Å². The predicted octanol–water partition coefficient (Wildman–Crippen LogP) is 4.21. The summed E-state index contributed by atoms with van der Waals surface area (Å²) in [6.45, 7) is 3.01. The molecular weight excluding hydrogens is 341 g/mol. The van der Waals surface area contributed by atoms with Crippen molar-refractivity contribution in [3.05, 3.63) is 76.5 Å². The van der Waals surface area contributed by atoms with Crippen LogP contribution < -0.4 is 5.69 Å². The Bertz CT molecular complexity index is 979. The van der Waals surface area contributed by atoms with E-state index in [1.165, 1.54) is 12.1 Å². The molecule has 0 saturated carbocycles. The molecule has 3 aromatic rings. The van der Waals surface area contributed by atoms with Crippen LogP contribution in [0.2, 0.25) is 0 Å². The number of nitrogens with one attached hydrogen (secondary N) is 1. The summed E-state index contributed by atoms with van der Waals surface area (Å²) >= 11 is 0. The van der Waals surface area contributed by atoms with Gasteiger partial charge in [-0.2, -0.15) is 0 Å². The van der Waals surface area contributed by atoms with E-state index in [2.05, 4.69) is 16.0 Å². The fourth-order valence-electron chi connectivity index (χ4n) is 3.89. The Hall–Kier alpha value is -2.66. The van der Waals surface area contributed by atoms with Gasteiger partial charge in [0.1, 0.15) is 5.82 Å². The molecule has 0 bridgehead atoms. The summed E-state index contributed by atoms with van der Waals surface area (Å²) in [4.78, 5) is 17.8. The lowest BCUT2D eigenvalue weighted by molar-refractivity contribution is 0.190. The molecule has 0 atom stereocenters. The van der Waals surface area contributed by atoms with Crippen molar-refractivity contribution in [3.63, 3.8) is 0 Å². The van der Waals surface area contributed by atoms with Crippen LogP contribution in [0.1, 0.15) is 30.9 Å². The minimum atomic E-state index is -0.204. The topological polar surface area (TPSA) is 41.0 Å². The lowest BCUT2D eigenvalue weighted by Crippen LogP contribution is -2.37. The van der Waals surface area contributed by atoms with Crippen LogP contribution in [0.25, 0.3) is 17.1 Å². The minimum absolute atomic E-state index is 0.00289. The molecule has 140 valence electrons. The van der Waals surface area contributed by atoms with Crippen molar-refractivity contribution in [1.82, 2.24) is 14.5 Å². The molecular formula is C22H24FN3O. The number of hydrogen-bond donors (Lipinski definition) is 1. The molecule has 2 heterocycles. The summed E-state index contributed by atoms with van der Waals surface area (Å²) in [5, 5.41) is 0. The molecule has 5 heteroatoms. The number of halogens is 1. The highest BCUT2D eigenvalue weighted by atomic mass is 19.1. The molecule has 4 nitrogen and oxygen atoms in total. The molecule has 0 radical (unpaired) electrons. The van der Waals surface area contributed by atoms with E-state index >= 15 is 0 Å². The molecule has 0 unspecified atom stereocenters. The Kier molecular flexibility index (Phi) is 5.21. The molecule has 1 aromatic heterocycles. The third kappa shape index (κ3) is 4.03. The number of benzene rings is 2. The summed E-state index contributed by atoms with van der Waals surface area (Å²) in [6.07, 6.45) is 7.13. The molecule has 2 aromatic carbocycles. The zero-order valence-corrected chi connectivity index (χ0v) is 15.3. The summed E-state index contributed by atoms with van der Waals surface area (Å²) < 4.78 is 14.8. The van der Waals surface area contributed by atoms with Crippen molar-refractivity contribution in [1.29, 1.82) is 0 Å². The summed E-state index contributed by atoms with van der Waals surface area (Å²) in [6, 6.07) is 14.7. The first-order valence-electron chi connectivity index (χ1n) is 9.54. The number of aromatic nitrogens is 2. The van der Waals surface area contributed by atoms with Gasteiger partial charge in [-0.1, -0.05) is 36.4 Å². The van der Waals surface area contributed by atoms with E-state index in [0.717, 1.165) is 55.5 Å². The lowest BCUT2D eigenvalue weighted by atomic mass is 10.0. The normalized spacial score (nSPS) is 16.5. The van der Waals surface area contributed by atoms with Gasteiger partial charge in [0.15, 0.2) is 0 Å². The molecule has 1 aliphatic heterocycles. The Morgan fingerprint density at radius 3 is 2.59 bits per heavy atom. The van der Waals surface area contributed by atoms with Crippen LogP contribution >= 0.6 is 0 Å². The largest absolute Gasteiger partial charge is 0.326 e. The summed E-state index contributed by atoms with van der Waals surface area (Å²) in [5.41, 5.74) is 2.93. The SMILES string of the molecule is O=c1[nH]c2ccccc2n1C1CCN(CC/C=C/c2ccc(F)cc2)CC1. The van der Waals surface area contributed by atoms with Gasteiger partial charge >= 0.3 is 5.69 Å². The third-order valence-corrected chi connectivity index (χ3v) is 5.34. The number of hydrogen-bond acceptors (Lipinski definition) is 2.